The molecule has 1 N–H and O–H groups in total. The van der Waals surface area contributed by atoms with Crippen molar-refractivity contribution in [1.82, 2.24) is 4.90 Å². The highest BCUT2D eigenvalue weighted by Gasteiger charge is 2.38. The van der Waals surface area contributed by atoms with E-state index in [9.17, 15) is 5.11 Å². The Morgan fingerprint density at radius 2 is 1.80 bits per heavy atom. The summed E-state index contributed by atoms with van der Waals surface area (Å²) in [6.45, 7) is 3.58. The number of ether oxygens (including phenoxy) is 3. The maximum absolute atomic E-state index is 10.0. The fraction of sp³-hybridized carbons (Fsp3) is 0.520. The standard InChI is InChI=1S/C25H33NO4/c1-28-24-13-20-8-10-26-15-21(16-27)19(12-23(26)22(20)14-25(24)29-2)9-11-30-17-18-6-4-3-5-7-18/h3-7,13-14,19,21,23,27H,8-12,15-17H2,1-2H3/t19-,21-,23-/m0/s1. The number of benzene rings is 2. The first-order valence-electron chi connectivity index (χ1n) is 10.9. The molecule has 3 atom stereocenters. The molecule has 0 aliphatic carbocycles. The Morgan fingerprint density at radius 1 is 1.03 bits per heavy atom. The van der Waals surface area contributed by atoms with Crippen molar-refractivity contribution in [3.05, 3.63) is 59.2 Å². The SMILES string of the molecule is COc1cc2c(cc1OC)[C@@H]1C[C@H](CCOCc3ccccc3)[C@H](CO)CN1CC2. The Hall–Kier alpha value is -2.08. The molecular weight excluding hydrogens is 378 g/mol. The average molecular weight is 412 g/mol. The second-order valence-electron chi connectivity index (χ2n) is 8.43. The number of hydrogen-bond acceptors (Lipinski definition) is 5. The van der Waals surface area contributed by atoms with E-state index < -0.39 is 0 Å². The maximum atomic E-state index is 10.0. The van der Waals surface area contributed by atoms with Crippen LogP contribution in [0.25, 0.3) is 0 Å². The molecule has 2 heterocycles. The van der Waals surface area contributed by atoms with Crippen molar-refractivity contribution in [2.75, 3.05) is 40.5 Å². The first-order valence-corrected chi connectivity index (χ1v) is 10.9. The van der Waals surface area contributed by atoms with Crippen LogP contribution in [0.5, 0.6) is 11.5 Å². The minimum absolute atomic E-state index is 0.241. The number of methoxy groups -OCH3 is 2. The van der Waals surface area contributed by atoms with E-state index in [1.54, 1.807) is 14.2 Å². The predicted octanol–water partition coefficient (Wildman–Crippen LogP) is 3.84. The van der Waals surface area contributed by atoms with E-state index in [4.69, 9.17) is 14.2 Å². The lowest BCUT2D eigenvalue weighted by Gasteiger charge is -2.47. The summed E-state index contributed by atoms with van der Waals surface area (Å²) in [5.41, 5.74) is 3.91. The number of rotatable bonds is 8. The summed E-state index contributed by atoms with van der Waals surface area (Å²) in [6, 6.07) is 15.0. The zero-order valence-electron chi connectivity index (χ0n) is 18.0. The van der Waals surface area contributed by atoms with Crippen LogP contribution in [0.1, 0.15) is 35.6 Å². The van der Waals surface area contributed by atoms with Gasteiger partial charge in [0.1, 0.15) is 0 Å². The molecule has 4 rings (SSSR count). The van der Waals surface area contributed by atoms with E-state index in [1.165, 1.54) is 16.7 Å². The molecule has 2 aliphatic heterocycles. The van der Waals surface area contributed by atoms with Gasteiger partial charge in [-0.1, -0.05) is 30.3 Å². The zero-order chi connectivity index (χ0) is 20.9. The Morgan fingerprint density at radius 3 is 2.53 bits per heavy atom. The number of nitrogens with zero attached hydrogens (tertiary/aromatic N) is 1. The topological polar surface area (TPSA) is 51.2 Å². The van der Waals surface area contributed by atoms with Crippen LogP contribution in [0.3, 0.4) is 0 Å². The van der Waals surface area contributed by atoms with Crippen molar-refractivity contribution >= 4 is 0 Å². The van der Waals surface area contributed by atoms with Gasteiger partial charge in [-0.25, -0.2) is 0 Å². The van der Waals surface area contributed by atoms with E-state index >= 15 is 0 Å². The van der Waals surface area contributed by atoms with E-state index in [2.05, 4.69) is 29.2 Å². The van der Waals surface area contributed by atoms with Crippen LogP contribution >= 0.6 is 0 Å². The minimum atomic E-state index is 0.241. The van der Waals surface area contributed by atoms with Gasteiger partial charge in [-0.2, -0.15) is 0 Å². The quantitative estimate of drug-likeness (QED) is 0.669. The molecule has 1 fully saturated rings. The summed E-state index contributed by atoms with van der Waals surface area (Å²) in [7, 11) is 3.39. The summed E-state index contributed by atoms with van der Waals surface area (Å²) in [5, 5.41) is 10.0. The van der Waals surface area contributed by atoms with Crippen LogP contribution in [0, 0.1) is 11.8 Å². The molecule has 2 aromatic carbocycles. The van der Waals surface area contributed by atoms with Crippen molar-refractivity contribution in [3.8, 4) is 11.5 Å². The fourth-order valence-corrected chi connectivity index (χ4v) is 5.06. The molecule has 2 aliphatic rings. The van der Waals surface area contributed by atoms with E-state index in [1.807, 2.05) is 18.2 Å². The van der Waals surface area contributed by atoms with E-state index in [0.717, 1.165) is 50.5 Å². The third-order valence-corrected chi connectivity index (χ3v) is 6.75. The third kappa shape index (κ3) is 4.48. The van der Waals surface area contributed by atoms with Crippen LogP contribution in [-0.2, 0) is 17.8 Å². The predicted molar refractivity (Wildman–Crippen MR) is 117 cm³/mol. The van der Waals surface area contributed by atoms with Gasteiger partial charge < -0.3 is 19.3 Å². The molecule has 162 valence electrons. The number of piperidine rings is 1. The summed E-state index contributed by atoms with van der Waals surface area (Å²) in [6.07, 6.45) is 3.03. The number of aliphatic hydroxyl groups excluding tert-OH is 1. The Balaban J connectivity index is 1.44. The van der Waals surface area contributed by atoms with Gasteiger partial charge in [0.2, 0.25) is 0 Å². The highest BCUT2D eigenvalue weighted by atomic mass is 16.5. The maximum Gasteiger partial charge on any atom is 0.161 e. The van der Waals surface area contributed by atoms with Gasteiger partial charge >= 0.3 is 0 Å². The lowest BCUT2D eigenvalue weighted by Crippen LogP contribution is -2.47. The largest absolute Gasteiger partial charge is 0.493 e. The van der Waals surface area contributed by atoms with E-state index in [0.29, 0.717) is 24.5 Å². The number of hydrogen-bond donors (Lipinski definition) is 1. The van der Waals surface area contributed by atoms with Crippen LogP contribution < -0.4 is 9.47 Å². The molecule has 0 amide bonds. The highest BCUT2D eigenvalue weighted by molar-refractivity contribution is 5.49. The normalized spacial score (nSPS) is 23.5. The molecule has 5 nitrogen and oxygen atoms in total. The van der Waals surface area contributed by atoms with Crippen LogP contribution in [0.2, 0.25) is 0 Å². The molecule has 0 unspecified atom stereocenters. The van der Waals surface area contributed by atoms with Crippen molar-refractivity contribution in [1.29, 1.82) is 0 Å². The molecular formula is C25H33NO4. The first-order chi connectivity index (χ1) is 14.7. The highest BCUT2D eigenvalue weighted by Crippen LogP contribution is 2.45. The molecule has 0 radical (unpaired) electrons. The second-order valence-corrected chi connectivity index (χ2v) is 8.43. The van der Waals surface area contributed by atoms with Crippen LogP contribution in [0.15, 0.2) is 42.5 Å². The van der Waals surface area contributed by atoms with Gasteiger partial charge in [-0.05, 0) is 59.9 Å². The van der Waals surface area contributed by atoms with Crippen LogP contribution in [0.4, 0.5) is 0 Å². The lowest BCUT2D eigenvalue weighted by atomic mass is 9.76. The molecule has 0 bridgehead atoms. The second kappa shape index (κ2) is 9.82. The average Bonchev–Trinajstić information content (AvgIpc) is 2.80. The van der Waals surface area contributed by atoms with Gasteiger partial charge in [-0.3, -0.25) is 4.90 Å². The number of aliphatic hydroxyl groups is 1. The van der Waals surface area contributed by atoms with Gasteiger partial charge in [0.15, 0.2) is 11.5 Å². The number of fused-ring (bicyclic) bond motifs is 3. The summed E-state index contributed by atoms with van der Waals surface area (Å²) >= 11 is 0. The van der Waals surface area contributed by atoms with Crippen molar-refractivity contribution < 1.29 is 19.3 Å². The minimum Gasteiger partial charge on any atom is -0.493 e. The fourth-order valence-electron chi connectivity index (χ4n) is 5.06. The van der Waals surface area contributed by atoms with Gasteiger partial charge in [-0.15, -0.1) is 0 Å². The third-order valence-electron chi connectivity index (χ3n) is 6.75. The summed E-state index contributed by atoms with van der Waals surface area (Å²) in [4.78, 5) is 2.54. The van der Waals surface area contributed by atoms with Gasteiger partial charge in [0, 0.05) is 32.3 Å². The molecule has 0 aromatic heterocycles. The molecule has 1 saturated heterocycles. The Bertz CT molecular complexity index is 825. The lowest BCUT2D eigenvalue weighted by molar-refractivity contribution is 0.00705. The molecule has 30 heavy (non-hydrogen) atoms. The molecule has 5 heteroatoms. The van der Waals surface area contributed by atoms with Gasteiger partial charge in [0.05, 0.1) is 20.8 Å². The summed E-state index contributed by atoms with van der Waals surface area (Å²) < 4.78 is 17.0. The smallest absolute Gasteiger partial charge is 0.161 e. The summed E-state index contributed by atoms with van der Waals surface area (Å²) in [5.74, 6) is 2.36. The molecule has 0 saturated carbocycles. The zero-order valence-corrected chi connectivity index (χ0v) is 18.0. The van der Waals surface area contributed by atoms with Crippen molar-refractivity contribution in [2.45, 2.75) is 31.9 Å². The van der Waals surface area contributed by atoms with Crippen molar-refractivity contribution in [3.63, 3.8) is 0 Å². The van der Waals surface area contributed by atoms with Gasteiger partial charge in [0.25, 0.3) is 0 Å². The molecule has 0 spiro atoms. The Kier molecular flexibility index (Phi) is 6.93. The molecule has 2 aromatic rings. The first kappa shape index (κ1) is 21.2. The monoisotopic (exact) mass is 411 g/mol. The Labute approximate surface area is 179 Å². The van der Waals surface area contributed by atoms with Crippen molar-refractivity contribution in [2.24, 2.45) is 11.8 Å². The van der Waals surface area contributed by atoms with E-state index in [-0.39, 0.29) is 6.61 Å². The van der Waals surface area contributed by atoms with Crippen LogP contribution in [-0.4, -0.2) is 50.5 Å².